The molecule has 27 heavy (non-hydrogen) atoms. The van der Waals surface area contributed by atoms with Crippen LogP contribution in [0.1, 0.15) is 102 Å². The van der Waals surface area contributed by atoms with Crippen molar-refractivity contribution in [1.82, 2.24) is 0 Å². The molecule has 0 spiro atoms. The van der Waals surface area contributed by atoms with E-state index in [0.717, 1.165) is 31.2 Å². The number of aromatic hydroxyl groups is 1. The van der Waals surface area contributed by atoms with Gasteiger partial charge < -0.3 is 15.1 Å². The number of rotatable bonds is 15. The van der Waals surface area contributed by atoms with E-state index >= 15 is 0 Å². The number of ether oxygens (including phenoxy) is 1. The van der Waals surface area contributed by atoms with Crippen LogP contribution in [0.25, 0.3) is 0 Å². The van der Waals surface area contributed by atoms with E-state index in [1.807, 2.05) is 6.07 Å². The Bertz CT molecular complexity index is 555. The minimum atomic E-state index is 0.125. The van der Waals surface area contributed by atoms with Crippen molar-refractivity contribution < 1.29 is 15.1 Å². The summed E-state index contributed by atoms with van der Waals surface area (Å²) >= 11 is 0. The third-order valence-corrected chi connectivity index (χ3v) is 5.15. The van der Waals surface area contributed by atoms with E-state index in [4.69, 9.17) is 4.74 Å². The fourth-order valence-electron chi connectivity index (χ4n) is 3.46. The Morgan fingerprint density at radius 2 is 1.48 bits per heavy atom. The topological polar surface area (TPSA) is 62.1 Å². The first-order valence-corrected chi connectivity index (χ1v) is 10.8. The highest BCUT2D eigenvalue weighted by Gasteiger charge is 2.15. The molecule has 1 aromatic carbocycles. The van der Waals surface area contributed by atoms with Crippen molar-refractivity contribution in [3.8, 4) is 11.5 Å². The van der Waals surface area contributed by atoms with Crippen LogP contribution >= 0.6 is 0 Å². The van der Waals surface area contributed by atoms with Gasteiger partial charge in [0, 0.05) is 11.6 Å². The molecule has 0 aliphatic carbocycles. The lowest BCUT2D eigenvalue weighted by atomic mass is 9.97. The number of methoxy groups -OCH3 is 1. The second-order valence-corrected chi connectivity index (χ2v) is 7.41. The molecular weight excluding hydrogens is 338 g/mol. The summed E-state index contributed by atoms with van der Waals surface area (Å²) in [5.41, 5.74) is 2.27. The quantitative estimate of drug-likeness (QED) is 0.152. The maximum Gasteiger partial charge on any atom is 0.128 e. The van der Waals surface area contributed by atoms with Gasteiger partial charge in [0.2, 0.25) is 0 Å². The number of hydrogen-bond acceptors (Lipinski definition) is 4. The van der Waals surface area contributed by atoms with E-state index < -0.39 is 0 Å². The summed E-state index contributed by atoms with van der Waals surface area (Å²) in [7, 11) is 1.63. The molecule has 0 aliphatic rings. The minimum Gasteiger partial charge on any atom is -0.507 e. The minimum absolute atomic E-state index is 0.125. The molecule has 4 nitrogen and oxygen atoms in total. The van der Waals surface area contributed by atoms with Gasteiger partial charge >= 0.3 is 0 Å². The summed E-state index contributed by atoms with van der Waals surface area (Å²) in [4.78, 5) is 0. The molecule has 0 heterocycles. The molecule has 4 heteroatoms. The lowest BCUT2D eigenvalue weighted by molar-refractivity contribution is 0.317. The normalized spacial score (nSPS) is 11.7. The van der Waals surface area contributed by atoms with Crippen molar-refractivity contribution in [2.45, 2.75) is 97.3 Å². The van der Waals surface area contributed by atoms with Crippen LogP contribution in [0.2, 0.25) is 0 Å². The Morgan fingerprint density at radius 3 is 2.07 bits per heavy atom. The van der Waals surface area contributed by atoms with Crippen LogP contribution in [-0.4, -0.2) is 23.1 Å². The predicted octanol–water partition coefficient (Wildman–Crippen LogP) is 6.84. The number of phenolic OH excluding ortho intramolecular Hbond substituents is 1. The number of aryl methyl sites for hydroxylation is 1. The number of phenols is 1. The van der Waals surface area contributed by atoms with Gasteiger partial charge in [-0.3, -0.25) is 0 Å². The maximum atomic E-state index is 10.4. The average Bonchev–Trinajstić information content (AvgIpc) is 2.68. The molecule has 1 rings (SSSR count). The number of hydrogen-bond donors (Lipinski definition) is 2. The predicted molar refractivity (Wildman–Crippen MR) is 113 cm³/mol. The zero-order valence-corrected chi connectivity index (χ0v) is 17.6. The molecular formula is C23H39NO3. The van der Waals surface area contributed by atoms with Gasteiger partial charge in [-0.1, -0.05) is 76.8 Å². The molecule has 0 aliphatic heterocycles. The maximum absolute atomic E-state index is 10.4. The van der Waals surface area contributed by atoms with Crippen LogP contribution in [0.15, 0.2) is 17.3 Å². The van der Waals surface area contributed by atoms with Crippen molar-refractivity contribution in [2.24, 2.45) is 5.16 Å². The van der Waals surface area contributed by atoms with Gasteiger partial charge in [0.1, 0.15) is 11.5 Å². The molecule has 154 valence electrons. The highest BCUT2D eigenvalue weighted by Crippen LogP contribution is 2.31. The van der Waals surface area contributed by atoms with Gasteiger partial charge in [0.25, 0.3) is 0 Å². The Balaban J connectivity index is 2.68. The summed E-state index contributed by atoms with van der Waals surface area (Å²) in [6.45, 7) is 4.43. The molecule has 0 fully saturated rings. The molecule has 0 saturated carbocycles. The Hall–Kier alpha value is -1.71. The van der Waals surface area contributed by atoms with Crippen LogP contribution in [0.5, 0.6) is 11.5 Å². The Morgan fingerprint density at radius 1 is 0.889 bits per heavy atom. The number of unbranched alkanes of at least 4 members (excludes halogenated alkanes) is 9. The van der Waals surface area contributed by atoms with Gasteiger partial charge in [0.15, 0.2) is 0 Å². The second kappa shape index (κ2) is 14.4. The SMILES string of the molecule is CCCCCCCCC/C(=N\O)c1cc(CCCCCC)c(OC)cc1O. The van der Waals surface area contributed by atoms with E-state index in [1.165, 1.54) is 51.4 Å². The monoisotopic (exact) mass is 377 g/mol. The smallest absolute Gasteiger partial charge is 0.128 e. The molecule has 0 amide bonds. The van der Waals surface area contributed by atoms with Gasteiger partial charge in [0.05, 0.1) is 12.8 Å². The van der Waals surface area contributed by atoms with E-state index in [9.17, 15) is 10.3 Å². The zero-order chi connectivity index (χ0) is 19.9. The Kier molecular flexibility index (Phi) is 12.4. The third kappa shape index (κ3) is 8.68. The summed E-state index contributed by atoms with van der Waals surface area (Å²) in [5, 5.41) is 23.4. The van der Waals surface area contributed by atoms with Crippen molar-refractivity contribution in [2.75, 3.05) is 7.11 Å². The third-order valence-electron chi connectivity index (χ3n) is 5.15. The zero-order valence-electron chi connectivity index (χ0n) is 17.6. The first-order chi connectivity index (χ1) is 13.2. The summed E-state index contributed by atoms with van der Waals surface area (Å²) in [5.74, 6) is 0.834. The molecule has 0 atom stereocenters. The molecule has 0 aromatic heterocycles. The highest BCUT2D eigenvalue weighted by molar-refractivity contribution is 6.02. The summed E-state index contributed by atoms with van der Waals surface area (Å²) in [6.07, 6.45) is 14.8. The Labute approximate surface area is 165 Å². The number of nitrogens with zero attached hydrogens (tertiary/aromatic N) is 1. The van der Waals surface area contributed by atoms with E-state index in [2.05, 4.69) is 19.0 Å². The van der Waals surface area contributed by atoms with Crippen LogP contribution in [0.3, 0.4) is 0 Å². The van der Waals surface area contributed by atoms with Gasteiger partial charge in [-0.15, -0.1) is 0 Å². The molecule has 0 unspecified atom stereocenters. The van der Waals surface area contributed by atoms with Gasteiger partial charge in [-0.25, -0.2) is 0 Å². The number of benzene rings is 1. The second-order valence-electron chi connectivity index (χ2n) is 7.41. The fourth-order valence-corrected chi connectivity index (χ4v) is 3.46. The molecule has 0 bridgehead atoms. The summed E-state index contributed by atoms with van der Waals surface area (Å²) in [6, 6.07) is 3.59. The van der Waals surface area contributed by atoms with E-state index in [-0.39, 0.29) is 5.75 Å². The molecule has 1 aromatic rings. The van der Waals surface area contributed by atoms with Gasteiger partial charge in [-0.05, 0) is 37.3 Å². The van der Waals surface area contributed by atoms with Crippen molar-refractivity contribution in [3.05, 3.63) is 23.3 Å². The van der Waals surface area contributed by atoms with Crippen molar-refractivity contribution in [3.63, 3.8) is 0 Å². The molecule has 0 saturated heterocycles. The lowest BCUT2D eigenvalue weighted by Crippen LogP contribution is -2.04. The lowest BCUT2D eigenvalue weighted by Gasteiger charge is -2.14. The van der Waals surface area contributed by atoms with E-state index in [1.54, 1.807) is 13.2 Å². The van der Waals surface area contributed by atoms with Crippen LogP contribution in [0, 0.1) is 0 Å². The van der Waals surface area contributed by atoms with Crippen molar-refractivity contribution >= 4 is 5.71 Å². The summed E-state index contributed by atoms with van der Waals surface area (Å²) < 4.78 is 5.43. The van der Waals surface area contributed by atoms with E-state index in [0.29, 0.717) is 23.4 Å². The molecule has 0 radical (unpaired) electrons. The number of oxime groups is 1. The van der Waals surface area contributed by atoms with Crippen LogP contribution in [0.4, 0.5) is 0 Å². The van der Waals surface area contributed by atoms with Crippen LogP contribution < -0.4 is 4.74 Å². The average molecular weight is 378 g/mol. The fraction of sp³-hybridized carbons (Fsp3) is 0.696. The van der Waals surface area contributed by atoms with Gasteiger partial charge in [-0.2, -0.15) is 0 Å². The van der Waals surface area contributed by atoms with Crippen molar-refractivity contribution in [1.29, 1.82) is 0 Å². The standard InChI is InChI=1S/C23H39NO3/c1-4-6-8-10-11-12-14-16-21(24-26)20-17-19(15-13-9-7-5-2)23(27-3)18-22(20)25/h17-18,25-26H,4-16H2,1-3H3/b24-21+. The first-order valence-electron chi connectivity index (χ1n) is 10.8. The largest absolute Gasteiger partial charge is 0.507 e. The molecule has 2 N–H and O–H groups in total. The highest BCUT2D eigenvalue weighted by atomic mass is 16.5. The first kappa shape index (κ1) is 23.3. The van der Waals surface area contributed by atoms with Crippen LogP contribution in [-0.2, 0) is 6.42 Å².